The minimum absolute atomic E-state index is 0.192. The zero-order valence-corrected chi connectivity index (χ0v) is 11.0. The zero-order chi connectivity index (χ0) is 12.8. The van der Waals surface area contributed by atoms with Crippen LogP contribution in [0.3, 0.4) is 0 Å². The first-order valence-corrected chi connectivity index (χ1v) is 5.87. The van der Waals surface area contributed by atoms with Gasteiger partial charge in [0.2, 0.25) is 0 Å². The summed E-state index contributed by atoms with van der Waals surface area (Å²) < 4.78 is 0.748. The van der Waals surface area contributed by atoms with E-state index in [2.05, 4.69) is 26.6 Å². The van der Waals surface area contributed by atoms with Gasteiger partial charge in [-0.2, -0.15) is 0 Å². The van der Waals surface area contributed by atoms with Crippen LogP contribution in [0.2, 0.25) is 0 Å². The molecule has 92 valence electrons. The molecule has 3 amide bonds. The lowest BCUT2D eigenvalue weighted by Gasteiger charge is -2.07. The normalized spacial score (nSPS) is 9.76. The van der Waals surface area contributed by atoms with Crippen molar-refractivity contribution < 1.29 is 9.59 Å². The van der Waals surface area contributed by atoms with Crippen LogP contribution in [-0.4, -0.2) is 25.0 Å². The third kappa shape index (κ3) is 4.44. The molecule has 4 N–H and O–H groups in total. The molecule has 1 aromatic rings. The average molecular weight is 300 g/mol. The van der Waals surface area contributed by atoms with Crippen LogP contribution in [0.5, 0.6) is 0 Å². The van der Waals surface area contributed by atoms with E-state index in [-0.39, 0.29) is 5.91 Å². The van der Waals surface area contributed by atoms with Gasteiger partial charge in [-0.25, -0.2) is 4.79 Å². The molecule has 0 aliphatic carbocycles. The molecule has 0 spiro atoms. The van der Waals surface area contributed by atoms with Gasteiger partial charge in [-0.1, -0.05) is 6.07 Å². The Bertz CT molecular complexity index is 435. The Morgan fingerprint density at radius 3 is 2.53 bits per heavy atom. The largest absolute Gasteiger partial charge is 0.352 e. The summed E-state index contributed by atoms with van der Waals surface area (Å²) >= 11 is 3.33. The summed E-state index contributed by atoms with van der Waals surface area (Å²) in [5, 5.41) is 5.06. The highest BCUT2D eigenvalue weighted by Crippen LogP contribution is 2.17. The van der Waals surface area contributed by atoms with Gasteiger partial charge in [0.1, 0.15) is 0 Å². The molecule has 0 fully saturated rings. The Balaban J connectivity index is 2.50. The Hall–Kier alpha value is -1.56. The summed E-state index contributed by atoms with van der Waals surface area (Å²) in [6, 6.07) is 4.88. The molecule has 0 unspecified atom stereocenters. The molecule has 1 rings (SSSR count). The van der Waals surface area contributed by atoms with Crippen molar-refractivity contribution in [2.45, 2.75) is 6.92 Å². The highest BCUT2D eigenvalue weighted by atomic mass is 79.9. The van der Waals surface area contributed by atoms with Crippen molar-refractivity contribution in [3.63, 3.8) is 0 Å². The molecule has 0 saturated carbocycles. The van der Waals surface area contributed by atoms with Gasteiger partial charge in [0.15, 0.2) is 0 Å². The second-order valence-corrected chi connectivity index (χ2v) is 4.38. The molecule has 0 bridgehead atoms. The number of nitrogens with two attached hydrogens (primary N) is 1. The first kappa shape index (κ1) is 13.5. The molecule has 17 heavy (non-hydrogen) atoms. The van der Waals surface area contributed by atoms with Crippen molar-refractivity contribution in [1.29, 1.82) is 0 Å². The average Bonchev–Trinajstić information content (AvgIpc) is 2.23. The third-order valence-electron chi connectivity index (χ3n) is 2.08. The van der Waals surface area contributed by atoms with E-state index >= 15 is 0 Å². The number of amides is 3. The lowest BCUT2D eigenvalue weighted by molar-refractivity contribution is 0.0953. The number of rotatable bonds is 4. The van der Waals surface area contributed by atoms with Gasteiger partial charge >= 0.3 is 6.03 Å². The molecule has 0 aliphatic heterocycles. The lowest BCUT2D eigenvalue weighted by atomic mass is 10.1. The summed E-state index contributed by atoms with van der Waals surface area (Å²) in [5.41, 5.74) is 6.53. The number of hydrogen-bond donors (Lipinski definition) is 3. The molecule has 0 atom stereocenters. The monoisotopic (exact) mass is 299 g/mol. The van der Waals surface area contributed by atoms with E-state index in [1.807, 2.05) is 19.1 Å². The number of hydrogen-bond acceptors (Lipinski definition) is 2. The van der Waals surface area contributed by atoms with E-state index in [4.69, 9.17) is 5.73 Å². The maximum absolute atomic E-state index is 11.7. The maximum Gasteiger partial charge on any atom is 0.312 e. The third-order valence-corrected chi connectivity index (χ3v) is 2.74. The van der Waals surface area contributed by atoms with Crippen molar-refractivity contribution >= 4 is 27.9 Å². The Morgan fingerprint density at radius 2 is 1.94 bits per heavy atom. The Kier molecular flexibility index (Phi) is 4.96. The van der Waals surface area contributed by atoms with Crippen molar-refractivity contribution in [1.82, 2.24) is 10.6 Å². The molecule has 0 saturated heterocycles. The van der Waals surface area contributed by atoms with Crippen molar-refractivity contribution in [2.24, 2.45) is 5.73 Å². The van der Waals surface area contributed by atoms with E-state index in [0.29, 0.717) is 18.7 Å². The highest BCUT2D eigenvalue weighted by molar-refractivity contribution is 9.10. The molecule has 0 aliphatic rings. The predicted molar refractivity (Wildman–Crippen MR) is 68.8 cm³/mol. The predicted octanol–water partition coefficient (Wildman–Crippen LogP) is 1.16. The lowest BCUT2D eigenvalue weighted by Crippen LogP contribution is -2.37. The Morgan fingerprint density at radius 1 is 1.29 bits per heavy atom. The molecule has 5 nitrogen and oxygen atoms in total. The van der Waals surface area contributed by atoms with E-state index in [1.165, 1.54) is 0 Å². The molecular formula is C11H14BrN3O2. The minimum Gasteiger partial charge on any atom is -0.352 e. The van der Waals surface area contributed by atoms with Gasteiger partial charge in [0.25, 0.3) is 5.91 Å². The summed E-state index contributed by atoms with van der Waals surface area (Å²) in [6.45, 7) is 2.59. The standard InChI is InChI=1S/C11H14BrN3O2/c1-7-2-3-8(9(12)6-7)10(16)14-4-5-15-11(13)17/h2-3,6H,4-5H2,1H3,(H,14,16)(H3,13,15,17). The number of carbonyl (C=O) groups is 2. The van der Waals surface area contributed by atoms with Crippen LogP contribution in [0.15, 0.2) is 22.7 Å². The first-order chi connectivity index (χ1) is 8.00. The van der Waals surface area contributed by atoms with Crippen LogP contribution in [0.25, 0.3) is 0 Å². The van der Waals surface area contributed by atoms with E-state index < -0.39 is 6.03 Å². The summed E-state index contributed by atoms with van der Waals surface area (Å²) in [7, 11) is 0. The number of urea groups is 1. The quantitative estimate of drug-likeness (QED) is 0.729. The number of halogens is 1. The topological polar surface area (TPSA) is 84.2 Å². The van der Waals surface area contributed by atoms with Crippen LogP contribution >= 0.6 is 15.9 Å². The fourth-order valence-corrected chi connectivity index (χ4v) is 1.93. The number of aryl methyl sites for hydroxylation is 1. The fourth-order valence-electron chi connectivity index (χ4n) is 1.26. The molecule has 0 radical (unpaired) electrons. The van der Waals surface area contributed by atoms with Crippen molar-refractivity contribution in [3.8, 4) is 0 Å². The molecule has 0 aromatic heterocycles. The van der Waals surface area contributed by atoms with Crippen LogP contribution in [0.4, 0.5) is 4.79 Å². The zero-order valence-electron chi connectivity index (χ0n) is 9.42. The van der Waals surface area contributed by atoms with Gasteiger partial charge in [0, 0.05) is 17.6 Å². The maximum atomic E-state index is 11.7. The van der Waals surface area contributed by atoms with Crippen LogP contribution in [0, 0.1) is 6.92 Å². The van der Waals surface area contributed by atoms with Gasteiger partial charge < -0.3 is 16.4 Å². The molecule has 6 heteroatoms. The van der Waals surface area contributed by atoms with Crippen molar-refractivity contribution in [3.05, 3.63) is 33.8 Å². The highest BCUT2D eigenvalue weighted by Gasteiger charge is 2.08. The number of nitrogens with one attached hydrogen (secondary N) is 2. The second kappa shape index (κ2) is 6.24. The summed E-state index contributed by atoms with van der Waals surface area (Å²) in [6.07, 6.45) is 0. The summed E-state index contributed by atoms with van der Waals surface area (Å²) in [5.74, 6) is -0.192. The van der Waals surface area contributed by atoms with E-state index in [0.717, 1.165) is 10.0 Å². The molecule has 1 aromatic carbocycles. The van der Waals surface area contributed by atoms with Gasteiger partial charge in [-0.05, 0) is 40.5 Å². The smallest absolute Gasteiger partial charge is 0.312 e. The van der Waals surface area contributed by atoms with Gasteiger partial charge in [0.05, 0.1) is 5.56 Å². The fraction of sp³-hybridized carbons (Fsp3) is 0.273. The van der Waals surface area contributed by atoms with Crippen LogP contribution in [0.1, 0.15) is 15.9 Å². The van der Waals surface area contributed by atoms with Gasteiger partial charge in [-0.3, -0.25) is 4.79 Å². The van der Waals surface area contributed by atoms with E-state index in [9.17, 15) is 9.59 Å². The SMILES string of the molecule is Cc1ccc(C(=O)NCCNC(N)=O)c(Br)c1. The Labute approximate surface area is 108 Å². The van der Waals surface area contributed by atoms with Crippen LogP contribution < -0.4 is 16.4 Å². The van der Waals surface area contributed by atoms with E-state index in [1.54, 1.807) is 6.07 Å². The van der Waals surface area contributed by atoms with Crippen molar-refractivity contribution in [2.75, 3.05) is 13.1 Å². The van der Waals surface area contributed by atoms with Gasteiger partial charge in [-0.15, -0.1) is 0 Å². The van der Waals surface area contributed by atoms with Crippen LogP contribution in [-0.2, 0) is 0 Å². The summed E-state index contributed by atoms with van der Waals surface area (Å²) in [4.78, 5) is 22.1. The number of carbonyl (C=O) groups excluding carboxylic acids is 2. The molecular weight excluding hydrogens is 286 g/mol. The minimum atomic E-state index is -0.601. The first-order valence-electron chi connectivity index (χ1n) is 5.08. The number of benzene rings is 1. The molecule has 0 heterocycles. The second-order valence-electron chi connectivity index (χ2n) is 3.53. The number of primary amides is 1.